The number of β-lactam (4-membered cyclic amide) rings is 1. The first-order valence-electron chi connectivity index (χ1n) is 7.66. The SMILES string of the molecule is C=S1[C@@H]2C(=CC(=O)c3ccc([N+](=O)[O-])cc3)C(=O)N2[C@@H](C(=O)O)C1(C)C. The van der Waals surface area contributed by atoms with Gasteiger partial charge in [-0.25, -0.2) is 4.79 Å². The van der Waals surface area contributed by atoms with E-state index in [1.54, 1.807) is 13.8 Å². The number of carbonyl (C=O) groups excluding carboxylic acids is 2. The summed E-state index contributed by atoms with van der Waals surface area (Å²) in [5.41, 5.74) is 0.315. The number of hydrogen-bond donors (Lipinski definition) is 1. The standard InChI is InChI=1S/C17H16N2O6S/c1-17(2)13(16(22)23)18-14(21)11(15(18)26(17)3)8-12(20)9-4-6-10(7-5-9)19(24)25/h4-8,13,15H,3H2,1-2H3,(H,22,23)/t13-,15+,26?/m0/s1. The number of fused-ring (bicyclic) bond motifs is 1. The van der Waals surface area contributed by atoms with Gasteiger partial charge < -0.3 is 10.0 Å². The molecule has 2 fully saturated rings. The fourth-order valence-electron chi connectivity index (χ4n) is 3.28. The molecule has 3 rings (SSSR count). The fourth-order valence-corrected chi connectivity index (χ4v) is 5.32. The molecular weight excluding hydrogens is 360 g/mol. The van der Waals surface area contributed by atoms with Crippen LogP contribution in [0.4, 0.5) is 5.69 Å². The molecule has 1 aromatic carbocycles. The van der Waals surface area contributed by atoms with Crippen molar-refractivity contribution in [2.45, 2.75) is 30.0 Å². The predicted molar refractivity (Wildman–Crippen MR) is 96.4 cm³/mol. The summed E-state index contributed by atoms with van der Waals surface area (Å²) in [6.07, 6.45) is 1.19. The lowest BCUT2D eigenvalue weighted by molar-refractivity contribution is -0.384. The van der Waals surface area contributed by atoms with Gasteiger partial charge >= 0.3 is 5.97 Å². The molecule has 136 valence electrons. The van der Waals surface area contributed by atoms with E-state index in [9.17, 15) is 29.6 Å². The predicted octanol–water partition coefficient (Wildman–Crippen LogP) is 1.82. The van der Waals surface area contributed by atoms with E-state index in [0.29, 0.717) is 0 Å². The number of aliphatic carboxylic acids is 1. The van der Waals surface area contributed by atoms with Crippen molar-refractivity contribution in [1.29, 1.82) is 0 Å². The van der Waals surface area contributed by atoms with Crippen molar-refractivity contribution in [1.82, 2.24) is 4.90 Å². The van der Waals surface area contributed by atoms with Gasteiger partial charge in [0.2, 0.25) is 0 Å². The van der Waals surface area contributed by atoms with Crippen LogP contribution in [0.25, 0.3) is 0 Å². The Bertz CT molecular complexity index is 902. The molecule has 2 heterocycles. The maximum Gasteiger partial charge on any atom is 0.327 e. The van der Waals surface area contributed by atoms with Gasteiger partial charge in [-0.1, -0.05) is 5.87 Å². The van der Waals surface area contributed by atoms with Gasteiger partial charge in [0.1, 0.15) is 11.4 Å². The Morgan fingerprint density at radius 1 is 1.35 bits per heavy atom. The minimum atomic E-state index is -1.09. The summed E-state index contributed by atoms with van der Waals surface area (Å²) in [6.45, 7) is 3.51. The van der Waals surface area contributed by atoms with E-state index in [4.69, 9.17) is 0 Å². The molecule has 2 aliphatic heterocycles. The van der Waals surface area contributed by atoms with Crippen LogP contribution in [0, 0.1) is 10.1 Å². The minimum absolute atomic E-state index is 0.138. The van der Waals surface area contributed by atoms with E-state index in [1.807, 2.05) is 0 Å². The van der Waals surface area contributed by atoms with Gasteiger partial charge in [0, 0.05) is 22.4 Å². The van der Waals surface area contributed by atoms with Crippen molar-refractivity contribution in [3.8, 4) is 0 Å². The summed E-state index contributed by atoms with van der Waals surface area (Å²) in [5, 5.41) is 19.6. The smallest absolute Gasteiger partial charge is 0.327 e. The second-order valence-electron chi connectivity index (χ2n) is 6.61. The largest absolute Gasteiger partial charge is 0.480 e. The molecule has 0 aliphatic carbocycles. The van der Waals surface area contributed by atoms with Crippen LogP contribution in [0.2, 0.25) is 0 Å². The van der Waals surface area contributed by atoms with Crippen LogP contribution in [-0.4, -0.2) is 54.6 Å². The molecule has 0 saturated carbocycles. The lowest BCUT2D eigenvalue weighted by Crippen LogP contribution is -2.58. The zero-order valence-electron chi connectivity index (χ0n) is 14.0. The quantitative estimate of drug-likeness (QED) is 0.214. The van der Waals surface area contributed by atoms with Crippen LogP contribution in [0.1, 0.15) is 24.2 Å². The number of carbonyl (C=O) groups is 3. The van der Waals surface area contributed by atoms with Gasteiger partial charge in [-0.3, -0.25) is 19.7 Å². The topological polar surface area (TPSA) is 118 Å². The van der Waals surface area contributed by atoms with E-state index >= 15 is 0 Å². The summed E-state index contributed by atoms with van der Waals surface area (Å²) in [5.74, 6) is 2.01. The fraction of sp³-hybridized carbons (Fsp3) is 0.294. The molecule has 26 heavy (non-hydrogen) atoms. The molecule has 0 spiro atoms. The van der Waals surface area contributed by atoms with Crippen molar-refractivity contribution in [3.63, 3.8) is 0 Å². The number of nitrogens with zero attached hydrogens (tertiary/aromatic N) is 2. The number of rotatable bonds is 4. The minimum Gasteiger partial charge on any atom is -0.480 e. The Balaban J connectivity index is 1.90. The van der Waals surface area contributed by atoms with Gasteiger partial charge in [0.25, 0.3) is 11.6 Å². The van der Waals surface area contributed by atoms with Gasteiger partial charge in [0.05, 0.1) is 10.5 Å². The summed E-state index contributed by atoms with van der Waals surface area (Å²) >= 11 is 0. The van der Waals surface area contributed by atoms with Crippen LogP contribution in [0.3, 0.4) is 0 Å². The zero-order valence-corrected chi connectivity index (χ0v) is 14.9. The monoisotopic (exact) mass is 376 g/mol. The van der Waals surface area contributed by atoms with Crippen LogP contribution < -0.4 is 0 Å². The molecule has 1 unspecified atom stereocenters. The first-order valence-corrected chi connectivity index (χ1v) is 9.11. The molecule has 0 radical (unpaired) electrons. The van der Waals surface area contributed by atoms with E-state index in [0.717, 1.165) is 0 Å². The lowest BCUT2D eigenvalue weighted by Gasteiger charge is -2.39. The normalized spacial score (nSPS) is 27.8. The molecule has 2 aliphatic rings. The van der Waals surface area contributed by atoms with Crippen LogP contribution in [-0.2, 0) is 9.59 Å². The van der Waals surface area contributed by atoms with E-state index in [2.05, 4.69) is 5.87 Å². The van der Waals surface area contributed by atoms with Gasteiger partial charge in [0.15, 0.2) is 5.78 Å². The molecule has 1 N–H and O–H groups in total. The number of benzene rings is 1. The number of ketones is 1. The Labute approximate surface area is 151 Å². The maximum absolute atomic E-state index is 12.4. The third kappa shape index (κ3) is 2.47. The van der Waals surface area contributed by atoms with Crippen molar-refractivity contribution >= 4 is 39.7 Å². The molecule has 1 amide bonds. The molecule has 0 aromatic heterocycles. The number of nitro benzene ring substituents is 1. The van der Waals surface area contributed by atoms with Crippen molar-refractivity contribution in [3.05, 3.63) is 51.6 Å². The maximum atomic E-state index is 12.4. The number of allylic oxidation sites excluding steroid dienone is 1. The highest BCUT2D eigenvalue weighted by molar-refractivity contribution is 8.16. The molecule has 1 aromatic rings. The summed E-state index contributed by atoms with van der Waals surface area (Å²) in [7, 11) is -0.691. The number of non-ortho nitro benzene ring substituents is 1. The van der Waals surface area contributed by atoms with Gasteiger partial charge in [-0.05, 0) is 32.1 Å². The third-order valence-corrected chi connectivity index (χ3v) is 7.36. The number of carboxylic acids is 1. The average molecular weight is 376 g/mol. The molecule has 8 nitrogen and oxygen atoms in total. The highest BCUT2D eigenvalue weighted by atomic mass is 32.2. The Kier molecular flexibility index (Phi) is 4.06. The molecule has 3 atom stereocenters. The van der Waals surface area contributed by atoms with Crippen molar-refractivity contribution in [2.75, 3.05) is 0 Å². The summed E-state index contributed by atoms with van der Waals surface area (Å²) in [4.78, 5) is 47.8. The second kappa shape index (κ2) is 5.87. The number of amides is 1. The van der Waals surface area contributed by atoms with Gasteiger partial charge in [-0.2, -0.15) is 10.5 Å². The molecule has 0 bridgehead atoms. The van der Waals surface area contributed by atoms with E-state index < -0.39 is 49.2 Å². The number of hydrogen-bond acceptors (Lipinski definition) is 5. The average Bonchev–Trinajstić information content (AvgIpc) is 2.77. The van der Waals surface area contributed by atoms with Crippen molar-refractivity contribution < 1.29 is 24.4 Å². The van der Waals surface area contributed by atoms with E-state index in [1.165, 1.54) is 35.2 Å². The second-order valence-corrected chi connectivity index (χ2v) is 8.96. The van der Waals surface area contributed by atoms with Crippen LogP contribution >= 0.6 is 10.5 Å². The number of nitro groups is 1. The first kappa shape index (κ1) is 18.0. The Morgan fingerprint density at radius 2 is 1.92 bits per heavy atom. The molecule has 2 saturated heterocycles. The zero-order chi connectivity index (χ0) is 19.4. The Morgan fingerprint density at radius 3 is 2.42 bits per heavy atom. The highest BCUT2D eigenvalue weighted by Gasteiger charge is 2.62. The molecule has 9 heteroatoms. The number of carboxylic acid groups (broad SMARTS) is 1. The lowest BCUT2D eigenvalue weighted by atomic mass is 9.94. The van der Waals surface area contributed by atoms with E-state index in [-0.39, 0.29) is 16.8 Å². The Hall–Kier alpha value is -2.81. The van der Waals surface area contributed by atoms with Crippen molar-refractivity contribution in [2.24, 2.45) is 0 Å². The van der Waals surface area contributed by atoms with Crippen LogP contribution in [0.5, 0.6) is 0 Å². The third-order valence-electron chi connectivity index (χ3n) is 4.77. The highest BCUT2D eigenvalue weighted by Crippen LogP contribution is 2.56. The van der Waals surface area contributed by atoms with Gasteiger partial charge in [-0.15, -0.1) is 0 Å². The van der Waals surface area contributed by atoms with Crippen LogP contribution in [0.15, 0.2) is 35.9 Å². The molecular formula is C17H16N2O6S. The summed E-state index contributed by atoms with van der Waals surface area (Å²) in [6, 6.07) is 4.09. The first-order chi connectivity index (χ1) is 12.1. The summed E-state index contributed by atoms with van der Waals surface area (Å²) < 4.78 is -0.710.